The van der Waals surface area contributed by atoms with Crippen LogP contribution in [0.5, 0.6) is 0 Å². The van der Waals surface area contributed by atoms with Gasteiger partial charge in [-0.05, 0) is 12.8 Å². The highest BCUT2D eigenvalue weighted by Crippen LogP contribution is 2.13. The number of hydrogen-bond donors (Lipinski definition) is 1. The number of carbonyl (C=O) groups is 1. The largest absolute Gasteiger partial charge is 0.342 e. The minimum atomic E-state index is 0.108. The highest BCUT2D eigenvalue weighted by Gasteiger charge is 2.23. The second-order valence-electron chi connectivity index (χ2n) is 5.37. The van der Waals surface area contributed by atoms with Crippen molar-refractivity contribution in [3.05, 3.63) is 12.4 Å². The van der Waals surface area contributed by atoms with Crippen LogP contribution in [0.15, 0.2) is 12.4 Å². The molecule has 0 unspecified atom stereocenters. The minimum absolute atomic E-state index is 0.108. The standard InChI is InChI=1S/C13H23N5O/c1-11(2)13(19)17-7-3-12(4-8-17)14-5-9-18-10-6-15-16-18/h6,10-12,14H,3-5,7-9H2,1-2H3. The first-order valence-corrected chi connectivity index (χ1v) is 7.03. The molecule has 2 heterocycles. The Balaban J connectivity index is 1.65. The van der Waals surface area contributed by atoms with Gasteiger partial charge in [-0.1, -0.05) is 19.1 Å². The molecule has 0 atom stereocenters. The number of nitrogens with one attached hydrogen (secondary N) is 1. The van der Waals surface area contributed by atoms with E-state index >= 15 is 0 Å². The van der Waals surface area contributed by atoms with E-state index in [9.17, 15) is 4.79 Å². The molecule has 1 aliphatic rings. The van der Waals surface area contributed by atoms with E-state index in [4.69, 9.17) is 0 Å². The maximum atomic E-state index is 11.9. The summed E-state index contributed by atoms with van der Waals surface area (Å²) in [6, 6.07) is 0.514. The van der Waals surface area contributed by atoms with Crippen molar-refractivity contribution in [1.82, 2.24) is 25.2 Å². The molecule has 106 valence electrons. The van der Waals surface area contributed by atoms with Gasteiger partial charge in [-0.15, -0.1) is 5.10 Å². The van der Waals surface area contributed by atoms with Crippen molar-refractivity contribution >= 4 is 5.91 Å². The van der Waals surface area contributed by atoms with Crippen LogP contribution in [0.4, 0.5) is 0 Å². The molecule has 2 rings (SSSR count). The lowest BCUT2D eigenvalue weighted by Gasteiger charge is -2.33. The van der Waals surface area contributed by atoms with E-state index in [1.54, 1.807) is 6.20 Å². The molecule has 1 aromatic rings. The third-order valence-corrected chi connectivity index (χ3v) is 3.55. The van der Waals surface area contributed by atoms with Crippen molar-refractivity contribution < 1.29 is 4.79 Å². The van der Waals surface area contributed by atoms with Crippen LogP contribution in [0.25, 0.3) is 0 Å². The normalized spacial score (nSPS) is 17.1. The van der Waals surface area contributed by atoms with Crippen LogP contribution in [-0.2, 0) is 11.3 Å². The lowest BCUT2D eigenvalue weighted by Crippen LogP contribution is -2.46. The molecule has 0 bridgehead atoms. The van der Waals surface area contributed by atoms with Gasteiger partial charge in [0, 0.05) is 37.8 Å². The van der Waals surface area contributed by atoms with E-state index in [0.29, 0.717) is 6.04 Å². The van der Waals surface area contributed by atoms with Crippen molar-refractivity contribution in [1.29, 1.82) is 0 Å². The molecule has 1 amide bonds. The van der Waals surface area contributed by atoms with Gasteiger partial charge in [0.15, 0.2) is 0 Å². The van der Waals surface area contributed by atoms with Gasteiger partial charge in [0.1, 0.15) is 0 Å². The van der Waals surface area contributed by atoms with Gasteiger partial charge in [0.2, 0.25) is 5.91 Å². The zero-order chi connectivity index (χ0) is 13.7. The Labute approximate surface area is 114 Å². The Morgan fingerprint density at radius 1 is 1.42 bits per heavy atom. The molecule has 0 spiro atoms. The summed E-state index contributed by atoms with van der Waals surface area (Å²) in [6.45, 7) is 7.41. The highest BCUT2D eigenvalue weighted by molar-refractivity contribution is 5.78. The maximum Gasteiger partial charge on any atom is 0.225 e. The summed E-state index contributed by atoms with van der Waals surface area (Å²) in [7, 11) is 0. The van der Waals surface area contributed by atoms with E-state index in [-0.39, 0.29) is 11.8 Å². The molecular weight excluding hydrogens is 242 g/mol. The van der Waals surface area contributed by atoms with Gasteiger partial charge in [-0.2, -0.15) is 0 Å². The smallest absolute Gasteiger partial charge is 0.225 e. The Kier molecular flexibility index (Phi) is 4.90. The second-order valence-corrected chi connectivity index (χ2v) is 5.37. The highest BCUT2D eigenvalue weighted by atomic mass is 16.2. The van der Waals surface area contributed by atoms with Gasteiger partial charge < -0.3 is 10.2 Å². The molecule has 19 heavy (non-hydrogen) atoms. The first kappa shape index (κ1) is 14.0. The van der Waals surface area contributed by atoms with E-state index in [2.05, 4.69) is 15.6 Å². The topological polar surface area (TPSA) is 63.1 Å². The zero-order valence-corrected chi connectivity index (χ0v) is 11.7. The van der Waals surface area contributed by atoms with E-state index in [1.807, 2.05) is 29.6 Å². The van der Waals surface area contributed by atoms with Gasteiger partial charge in [-0.3, -0.25) is 9.48 Å². The number of nitrogens with zero attached hydrogens (tertiary/aromatic N) is 4. The summed E-state index contributed by atoms with van der Waals surface area (Å²) in [5.41, 5.74) is 0. The Hall–Kier alpha value is -1.43. The zero-order valence-electron chi connectivity index (χ0n) is 11.7. The first-order valence-electron chi connectivity index (χ1n) is 7.03. The summed E-state index contributed by atoms with van der Waals surface area (Å²) < 4.78 is 1.82. The summed E-state index contributed by atoms with van der Waals surface area (Å²) >= 11 is 0. The Morgan fingerprint density at radius 2 is 2.16 bits per heavy atom. The third-order valence-electron chi connectivity index (χ3n) is 3.55. The molecule has 1 fully saturated rings. The molecular formula is C13H23N5O. The number of aromatic nitrogens is 3. The lowest BCUT2D eigenvalue weighted by atomic mass is 10.0. The van der Waals surface area contributed by atoms with Crippen LogP contribution in [0, 0.1) is 5.92 Å². The molecule has 1 aromatic heterocycles. The predicted molar refractivity (Wildman–Crippen MR) is 72.5 cm³/mol. The summed E-state index contributed by atoms with van der Waals surface area (Å²) in [5.74, 6) is 0.387. The van der Waals surface area contributed by atoms with Crippen molar-refractivity contribution in [3.63, 3.8) is 0 Å². The first-order chi connectivity index (χ1) is 9.16. The van der Waals surface area contributed by atoms with Crippen molar-refractivity contribution in [2.75, 3.05) is 19.6 Å². The molecule has 0 aliphatic carbocycles. The summed E-state index contributed by atoms with van der Waals surface area (Å²) in [6.07, 6.45) is 5.63. The quantitative estimate of drug-likeness (QED) is 0.843. The molecule has 1 aliphatic heterocycles. The minimum Gasteiger partial charge on any atom is -0.342 e. The predicted octanol–water partition coefficient (Wildman–Crippen LogP) is 0.515. The molecule has 1 saturated heterocycles. The third kappa shape index (κ3) is 4.02. The average Bonchev–Trinajstić information content (AvgIpc) is 2.92. The fraction of sp³-hybridized carbons (Fsp3) is 0.769. The monoisotopic (exact) mass is 265 g/mol. The Bertz CT molecular complexity index is 382. The van der Waals surface area contributed by atoms with Crippen LogP contribution < -0.4 is 5.32 Å². The average molecular weight is 265 g/mol. The fourth-order valence-corrected chi connectivity index (χ4v) is 2.40. The second kappa shape index (κ2) is 6.65. The van der Waals surface area contributed by atoms with E-state index in [0.717, 1.165) is 39.0 Å². The molecule has 6 heteroatoms. The summed E-state index contributed by atoms with van der Waals surface area (Å²) in [4.78, 5) is 13.8. The van der Waals surface area contributed by atoms with Gasteiger partial charge in [0.25, 0.3) is 0 Å². The number of amides is 1. The summed E-state index contributed by atoms with van der Waals surface area (Å²) in [5, 5.41) is 11.2. The molecule has 0 saturated carbocycles. The van der Waals surface area contributed by atoms with E-state index < -0.39 is 0 Å². The van der Waals surface area contributed by atoms with Gasteiger partial charge in [-0.25, -0.2) is 0 Å². The van der Waals surface area contributed by atoms with Gasteiger partial charge in [0.05, 0.1) is 12.7 Å². The number of hydrogen-bond acceptors (Lipinski definition) is 4. The molecule has 6 nitrogen and oxygen atoms in total. The molecule has 0 radical (unpaired) electrons. The van der Waals surface area contributed by atoms with Crippen LogP contribution in [0.1, 0.15) is 26.7 Å². The Morgan fingerprint density at radius 3 is 2.74 bits per heavy atom. The molecule has 0 aromatic carbocycles. The lowest BCUT2D eigenvalue weighted by molar-refractivity contribution is -0.135. The van der Waals surface area contributed by atoms with Crippen molar-refractivity contribution in [2.45, 2.75) is 39.3 Å². The van der Waals surface area contributed by atoms with Crippen LogP contribution in [-0.4, -0.2) is 51.5 Å². The van der Waals surface area contributed by atoms with Crippen LogP contribution in [0.2, 0.25) is 0 Å². The van der Waals surface area contributed by atoms with Crippen molar-refractivity contribution in [2.24, 2.45) is 5.92 Å². The maximum absolute atomic E-state index is 11.9. The van der Waals surface area contributed by atoms with Crippen LogP contribution >= 0.6 is 0 Å². The fourth-order valence-electron chi connectivity index (χ4n) is 2.40. The number of carbonyl (C=O) groups excluding carboxylic acids is 1. The number of likely N-dealkylation sites (tertiary alicyclic amines) is 1. The number of rotatable bonds is 5. The van der Waals surface area contributed by atoms with Gasteiger partial charge >= 0.3 is 0 Å². The number of piperidine rings is 1. The molecule has 1 N–H and O–H groups in total. The SMILES string of the molecule is CC(C)C(=O)N1CCC(NCCn2ccnn2)CC1. The van der Waals surface area contributed by atoms with Crippen LogP contribution in [0.3, 0.4) is 0 Å². The van der Waals surface area contributed by atoms with Crippen molar-refractivity contribution in [3.8, 4) is 0 Å². The van der Waals surface area contributed by atoms with E-state index in [1.165, 1.54) is 0 Å².